The number of carbonyl (C=O) groups excluding carboxylic acids is 1. The van der Waals surface area contributed by atoms with Gasteiger partial charge in [0.2, 0.25) is 0 Å². The van der Waals surface area contributed by atoms with Crippen molar-refractivity contribution in [3.05, 3.63) is 48.6 Å². The van der Waals surface area contributed by atoms with Crippen molar-refractivity contribution in [3.63, 3.8) is 0 Å². The van der Waals surface area contributed by atoms with Gasteiger partial charge in [0.15, 0.2) is 11.5 Å². The summed E-state index contributed by atoms with van der Waals surface area (Å²) < 4.78 is 5.06. The van der Waals surface area contributed by atoms with Crippen LogP contribution < -0.4 is 10.5 Å². The third-order valence-electron chi connectivity index (χ3n) is 3.70. The largest absolute Gasteiger partial charge is 0.504 e. The molecule has 150 valence electrons. The van der Waals surface area contributed by atoms with Crippen LogP contribution in [0.2, 0.25) is 0 Å². The lowest BCUT2D eigenvalue weighted by Crippen LogP contribution is -2.34. The Bertz CT molecular complexity index is 634. The van der Waals surface area contributed by atoms with Crippen LogP contribution in [-0.2, 0) is 11.3 Å². The zero-order chi connectivity index (χ0) is 21.0. The molecule has 1 aromatic rings. The third kappa shape index (κ3) is 8.52. The Labute approximate surface area is 160 Å². The second-order valence-electron chi connectivity index (χ2n) is 6.23. The Morgan fingerprint density at radius 1 is 1.30 bits per heavy atom. The van der Waals surface area contributed by atoms with Gasteiger partial charge in [-0.05, 0) is 18.1 Å². The first kappa shape index (κ1) is 24.4. The number of benzene rings is 1. The average Bonchev–Trinajstić information content (AvgIpc) is 2.63. The lowest BCUT2D eigenvalue weighted by Gasteiger charge is -2.20. The second-order valence-corrected chi connectivity index (χ2v) is 6.23. The Kier molecular flexibility index (Phi) is 11.4. The molecule has 1 rings (SSSR count). The number of hydrogen-bond donors (Lipinski definition) is 3. The van der Waals surface area contributed by atoms with Crippen LogP contribution in [0.4, 0.5) is 0 Å². The standard InChI is InChI=1S/C15H19NO3.C5H11NO2/c1-4-6-16(7-5-2)10-13-8-12(11-17)9-14(19-3)15(13)18;1-3(2)4(6)5(7)8/h4-5,8-9,11,18H,1-2,6-7,10H2,3H3;3-4H,6H2,1-2H3,(H,7,8)/t;4-/m.0/s1. The molecule has 0 heterocycles. The fraction of sp³-hybridized carbons (Fsp3) is 0.400. The van der Waals surface area contributed by atoms with Gasteiger partial charge < -0.3 is 20.7 Å². The van der Waals surface area contributed by atoms with Crippen LogP contribution in [0.1, 0.15) is 29.8 Å². The van der Waals surface area contributed by atoms with Crippen LogP contribution >= 0.6 is 0 Å². The van der Waals surface area contributed by atoms with E-state index < -0.39 is 12.0 Å². The summed E-state index contributed by atoms with van der Waals surface area (Å²) in [6.45, 7) is 12.8. The Morgan fingerprint density at radius 2 is 1.85 bits per heavy atom. The number of aldehydes is 1. The number of ether oxygens (including phenoxy) is 1. The van der Waals surface area contributed by atoms with E-state index in [-0.39, 0.29) is 11.7 Å². The number of aliphatic carboxylic acids is 1. The van der Waals surface area contributed by atoms with Gasteiger partial charge in [-0.15, -0.1) is 13.2 Å². The topological polar surface area (TPSA) is 113 Å². The summed E-state index contributed by atoms with van der Waals surface area (Å²) in [6.07, 6.45) is 4.29. The fourth-order valence-electron chi connectivity index (χ4n) is 2.13. The minimum Gasteiger partial charge on any atom is -0.504 e. The van der Waals surface area contributed by atoms with E-state index in [0.29, 0.717) is 36.5 Å². The highest BCUT2D eigenvalue weighted by atomic mass is 16.5. The van der Waals surface area contributed by atoms with Gasteiger partial charge in [0.1, 0.15) is 12.3 Å². The maximum absolute atomic E-state index is 10.9. The molecule has 0 aliphatic heterocycles. The van der Waals surface area contributed by atoms with Crippen LogP contribution in [0.5, 0.6) is 11.5 Å². The molecular weight excluding hydrogens is 348 g/mol. The van der Waals surface area contributed by atoms with Gasteiger partial charge in [-0.2, -0.15) is 0 Å². The molecule has 4 N–H and O–H groups in total. The molecule has 7 nitrogen and oxygen atoms in total. The number of phenolic OH excluding ortho intramolecular Hbond substituents is 1. The number of methoxy groups -OCH3 is 1. The molecule has 0 saturated heterocycles. The van der Waals surface area contributed by atoms with Gasteiger partial charge in [0, 0.05) is 30.8 Å². The zero-order valence-corrected chi connectivity index (χ0v) is 16.2. The Hall–Kier alpha value is -2.64. The van der Waals surface area contributed by atoms with Crippen LogP contribution in [-0.4, -0.2) is 53.6 Å². The average molecular weight is 378 g/mol. The van der Waals surface area contributed by atoms with Crippen LogP contribution in [0.15, 0.2) is 37.4 Å². The highest BCUT2D eigenvalue weighted by Gasteiger charge is 2.14. The van der Waals surface area contributed by atoms with Crippen molar-refractivity contribution < 1.29 is 24.5 Å². The molecule has 0 unspecified atom stereocenters. The van der Waals surface area contributed by atoms with Crippen molar-refractivity contribution in [3.8, 4) is 11.5 Å². The minimum atomic E-state index is -0.931. The number of carboxylic acids is 1. The number of aromatic hydroxyl groups is 1. The zero-order valence-electron chi connectivity index (χ0n) is 16.2. The number of carbonyl (C=O) groups is 2. The summed E-state index contributed by atoms with van der Waals surface area (Å²) in [6, 6.07) is 2.45. The van der Waals surface area contributed by atoms with E-state index in [1.165, 1.54) is 13.2 Å². The number of phenols is 1. The van der Waals surface area contributed by atoms with E-state index in [9.17, 15) is 14.7 Å². The van der Waals surface area contributed by atoms with Crippen molar-refractivity contribution in [1.29, 1.82) is 0 Å². The number of carboxylic acid groups (broad SMARTS) is 1. The first-order chi connectivity index (χ1) is 12.7. The van der Waals surface area contributed by atoms with E-state index in [0.717, 1.165) is 6.29 Å². The van der Waals surface area contributed by atoms with Gasteiger partial charge in [0.25, 0.3) is 0 Å². The van der Waals surface area contributed by atoms with Crippen LogP contribution in [0.3, 0.4) is 0 Å². The molecule has 0 radical (unpaired) electrons. The van der Waals surface area contributed by atoms with Gasteiger partial charge in [0.05, 0.1) is 7.11 Å². The molecule has 0 aromatic heterocycles. The van der Waals surface area contributed by atoms with Crippen molar-refractivity contribution in [1.82, 2.24) is 4.90 Å². The second kappa shape index (κ2) is 12.7. The normalized spacial score (nSPS) is 11.3. The highest BCUT2D eigenvalue weighted by Crippen LogP contribution is 2.31. The summed E-state index contributed by atoms with van der Waals surface area (Å²) in [4.78, 5) is 22.9. The van der Waals surface area contributed by atoms with Crippen molar-refractivity contribution in [2.24, 2.45) is 11.7 Å². The predicted molar refractivity (Wildman–Crippen MR) is 106 cm³/mol. The summed E-state index contributed by atoms with van der Waals surface area (Å²) in [5.74, 6) is -0.546. The predicted octanol–water partition coefficient (Wildman–Crippen LogP) is 2.44. The molecule has 0 spiro atoms. The smallest absolute Gasteiger partial charge is 0.320 e. The van der Waals surface area contributed by atoms with E-state index >= 15 is 0 Å². The van der Waals surface area contributed by atoms with Gasteiger partial charge in [-0.25, -0.2) is 0 Å². The lowest BCUT2D eigenvalue weighted by molar-refractivity contribution is -0.139. The number of rotatable bonds is 10. The van der Waals surface area contributed by atoms with E-state index in [1.807, 2.05) is 4.90 Å². The minimum absolute atomic E-state index is 0.0208. The van der Waals surface area contributed by atoms with E-state index in [2.05, 4.69) is 13.2 Å². The maximum Gasteiger partial charge on any atom is 0.320 e. The fourth-order valence-corrected chi connectivity index (χ4v) is 2.13. The first-order valence-corrected chi connectivity index (χ1v) is 8.49. The monoisotopic (exact) mass is 378 g/mol. The molecule has 0 bridgehead atoms. The number of hydrogen-bond acceptors (Lipinski definition) is 6. The summed E-state index contributed by atoms with van der Waals surface area (Å²) >= 11 is 0. The van der Waals surface area contributed by atoms with Gasteiger partial charge >= 0.3 is 5.97 Å². The molecule has 0 amide bonds. The van der Waals surface area contributed by atoms with Crippen molar-refractivity contribution in [2.75, 3.05) is 20.2 Å². The van der Waals surface area contributed by atoms with Crippen LogP contribution in [0, 0.1) is 5.92 Å². The van der Waals surface area contributed by atoms with Crippen molar-refractivity contribution >= 4 is 12.3 Å². The molecule has 1 atom stereocenters. The van der Waals surface area contributed by atoms with E-state index in [4.69, 9.17) is 15.6 Å². The van der Waals surface area contributed by atoms with Gasteiger partial charge in [-0.1, -0.05) is 26.0 Å². The summed E-state index contributed by atoms with van der Waals surface area (Å²) in [5, 5.41) is 18.3. The number of nitrogens with two attached hydrogens (primary N) is 1. The molecule has 0 aliphatic rings. The van der Waals surface area contributed by atoms with Crippen molar-refractivity contribution in [2.45, 2.75) is 26.4 Å². The highest BCUT2D eigenvalue weighted by molar-refractivity contribution is 5.77. The molecule has 0 fully saturated rings. The molecule has 27 heavy (non-hydrogen) atoms. The van der Waals surface area contributed by atoms with Crippen LogP contribution in [0.25, 0.3) is 0 Å². The maximum atomic E-state index is 10.9. The summed E-state index contributed by atoms with van der Waals surface area (Å²) in [5.41, 5.74) is 6.28. The molecule has 0 aliphatic carbocycles. The molecular formula is C20H30N2O5. The lowest BCUT2D eigenvalue weighted by atomic mass is 10.1. The molecule has 1 aromatic carbocycles. The third-order valence-corrected chi connectivity index (χ3v) is 3.70. The van der Waals surface area contributed by atoms with E-state index in [1.54, 1.807) is 32.1 Å². The Balaban J connectivity index is 0.000000713. The first-order valence-electron chi connectivity index (χ1n) is 8.49. The van der Waals surface area contributed by atoms with Gasteiger partial charge in [-0.3, -0.25) is 14.5 Å². The molecule has 7 heteroatoms. The molecule has 0 saturated carbocycles. The number of nitrogens with zero attached hydrogens (tertiary/aromatic N) is 1. The SMILES string of the molecule is C=CCN(CC=C)Cc1cc(C=O)cc(OC)c1O.CC(C)[C@H](N)C(=O)O. The Morgan fingerprint density at radius 3 is 2.19 bits per heavy atom. The quantitative estimate of drug-likeness (QED) is 0.423. The summed E-state index contributed by atoms with van der Waals surface area (Å²) in [7, 11) is 1.46.